The van der Waals surface area contributed by atoms with Crippen LogP contribution in [-0.4, -0.2) is 45.0 Å². The van der Waals surface area contributed by atoms with Crippen molar-refractivity contribution in [1.29, 1.82) is 5.41 Å². The first-order valence-electron chi connectivity index (χ1n) is 12.0. The van der Waals surface area contributed by atoms with Crippen LogP contribution in [0.25, 0.3) is 11.1 Å². The van der Waals surface area contributed by atoms with Gasteiger partial charge < -0.3 is 20.7 Å². The number of rotatable bonds is 10. The summed E-state index contributed by atoms with van der Waals surface area (Å²) in [6.45, 7) is 2.73. The number of esters is 1. The van der Waals surface area contributed by atoms with E-state index in [2.05, 4.69) is 43.7 Å². The van der Waals surface area contributed by atoms with Crippen LogP contribution >= 0.6 is 0 Å². The monoisotopic (exact) mass is 487 g/mol. The van der Waals surface area contributed by atoms with Crippen LogP contribution in [0.4, 0.5) is 0 Å². The predicted molar refractivity (Wildman–Crippen MR) is 142 cm³/mol. The molecule has 0 radical (unpaired) electrons. The molecule has 0 bridgehead atoms. The lowest BCUT2D eigenvalue weighted by Crippen LogP contribution is -3.04. The second kappa shape index (κ2) is 12.1. The highest BCUT2D eigenvalue weighted by Gasteiger charge is 2.28. The van der Waals surface area contributed by atoms with Crippen molar-refractivity contribution in [3.05, 3.63) is 95.1 Å². The fourth-order valence-electron chi connectivity index (χ4n) is 4.21. The summed E-state index contributed by atoms with van der Waals surface area (Å²) in [7, 11) is 5.58. The first-order valence-corrected chi connectivity index (χ1v) is 12.0. The van der Waals surface area contributed by atoms with Crippen molar-refractivity contribution in [3.8, 4) is 11.1 Å². The van der Waals surface area contributed by atoms with Crippen LogP contribution in [0.15, 0.2) is 72.8 Å². The van der Waals surface area contributed by atoms with E-state index in [4.69, 9.17) is 15.9 Å². The minimum Gasteiger partial charge on any atom is -0.469 e. The van der Waals surface area contributed by atoms with E-state index in [1.807, 2.05) is 18.2 Å². The molecule has 1 amide bonds. The molecular formula is C29H35N4O3+. The maximum Gasteiger partial charge on any atom is 0.311 e. The summed E-state index contributed by atoms with van der Waals surface area (Å²) in [5.74, 6) is -1.31. The topological polar surface area (TPSA) is 110 Å². The van der Waals surface area contributed by atoms with Crippen molar-refractivity contribution < 1.29 is 19.2 Å². The lowest BCUT2D eigenvalue weighted by atomic mass is 9.92. The van der Waals surface area contributed by atoms with Gasteiger partial charge in [0.1, 0.15) is 12.4 Å². The number of carbonyl (C=O) groups excluding carboxylic acids is 2. The second-order valence-electron chi connectivity index (χ2n) is 9.37. The van der Waals surface area contributed by atoms with Gasteiger partial charge in [0.25, 0.3) is 5.91 Å². The molecule has 188 valence electrons. The summed E-state index contributed by atoms with van der Waals surface area (Å²) in [5, 5.41) is 10.6. The lowest BCUT2D eigenvalue weighted by molar-refractivity contribution is -0.872. The number of nitrogen functional groups attached to an aromatic ring is 1. The first kappa shape index (κ1) is 26.6. The quantitative estimate of drug-likeness (QED) is 0.200. The number of quaternary nitrogens is 1. The molecule has 0 saturated heterocycles. The Labute approximate surface area is 212 Å². The smallest absolute Gasteiger partial charge is 0.311 e. The minimum absolute atomic E-state index is 0.0400. The Morgan fingerprint density at radius 1 is 0.944 bits per heavy atom. The van der Waals surface area contributed by atoms with Gasteiger partial charge in [0.2, 0.25) is 0 Å². The SMILES string of the molecule is COC(=O)C(Cc1cccc(C(=N)N)c1)C(C)NC(=O)c1ccc(-c2cccc(C[NH+](C)C)c2)cc1. The van der Waals surface area contributed by atoms with Crippen LogP contribution in [0, 0.1) is 11.3 Å². The molecule has 0 spiro atoms. The van der Waals surface area contributed by atoms with E-state index in [1.165, 1.54) is 17.6 Å². The largest absolute Gasteiger partial charge is 0.469 e. The average molecular weight is 488 g/mol. The van der Waals surface area contributed by atoms with Crippen LogP contribution in [0.2, 0.25) is 0 Å². The molecule has 0 aliphatic rings. The van der Waals surface area contributed by atoms with Gasteiger partial charge >= 0.3 is 5.97 Å². The number of nitrogens with two attached hydrogens (primary N) is 1. The average Bonchev–Trinajstić information content (AvgIpc) is 2.86. The van der Waals surface area contributed by atoms with Gasteiger partial charge in [-0.15, -0.1) is 0 Å². The first-order chi connectivity index (χ1) is 17.2. The number of amidine groups is 1. The van der Waals surface area contributed by atoms with E-state index in [9.17, 15) is 9.59 Å². The molecule has 5 N–H and O–H groups in total. The Bertz CT molecular complexity index is 1220. The maximum absolute atomic E-state index is 13.0. The van der Waals surface area contributed by atoms with E-state index in [0.717, 1.165) is 23.2 Å². The molecular weight excluding hydrogens is 452 g/mol. The van der Waals surface area contributed by atoms with E-state index in [0.29, 0.717) is 17.5 Å². The van der Waals surface area contributed by atoms with E-state index < -0.39 is 17.9 Å². The number of carbonyl (C=O) groups is 2. The summed E-state index contributed by atoms with van der Waals surface area (Å²) in [6.07, 6.45) is 0.346. The molecule has 3 aromatic carbocycles. The molecule has 7 heteroatoms. The third-order valence-electron chi connectivity index (χ3n) is 6.12. The maximum atomic E-state index is 13.0. The van der Waals surface area contributed by atoms with Crippen molar-refractivity contribution in [3.63, 3.8) is 0 Å². The summed E-state index contributed by atoms with van der Waals surface area (Å²) in [5.41, 5.74) is 10.9. The van der Waals surface area contributed by atoms with Crippen molar-refractivity contribution >= 4 is 17.7 Å². The number of ether oxygens (including phenoxy) is 1. The molecule has 0 saturated carbocycles. The summed E-state index contributed by atoms with van der Waals surface area (Å²) in [4.78, 5) is 26.9. The molecule has 2 unspecified atom stereocenters. The number of amides is 1. The number of methoxy groups -OCH3 is 1. The van der Waals surface area contributed by atoms with Crippen molar-refractivity contribution in [2.45, 2.75) is 25.9 Å². The number of hydrogen-bond donors (Lipinski definition) is 4. The van der Waals surface area contributed by atoms with Gasteiger partial charge in [0.05, 0.1) is 27.1 Å². The van der Waals surface area contributed by atoms with Crippen molar-refractivity contribution in [2.75, 3.05) is 21.2 Å². The van der Waals surface area contributed by atoms with Gasteiger partial charge in [-0.1, -0.05) is 48.5 Å². The predicted octanol–water partition coefficient (Wildman–Crippen LogP) is 2.43. The van der Waals surface area contributed by atoms with Gasteiger partial charge in [-0.25, -0.2) is 0 Å². The Morgan fingerprint density at radius 2 is 1.61 bits per heavy atom. The molecule has 2 atom stereocenters. The van der Waals surface area contributed by atoms with Crippen LogP contribution < -0.4 is 16.0 Å². The van der Waals surface area contributed by atoms with Crippen LogP contribution in [0.5, 0.6) is 0 Å². The number of nitrogens with one attached hydrogen (secondary N) is 3. The zero-order valence-electron chi connectivity index (χ0n) is 21.3. The fraction of sp³-hybridized carbons (Fsp3) is 0.276. The fourth-order valence-corrected chi connectivity index (χ4v) is 4.21. The number of hydrogen-bond acceptors (Lipinski definition) is 4. The zero-order chi connectivity index (χ0) is 26.2. The number of benzene rings is 3. The molecule has 0 heterocycles. The molecule has 0 fully saturated rings. The molecule has 0 aliphatic heterocycles. The van der Waals surface area contributed by atoms with E-state index >= 15 is 0 Å². The molecule has 3 aromatic rings. The van der Waals surface area contributed by atoms with Gasteiger partial charge in [0, 0.05) is 22.7 Å². The highest BCUT2D eigenvalue weighted by Crippen LogP contribution is 2.22. The molecule has 0 aromatic heterocycles. The standard InChI is InChI=1S/C29H34N4O3/c1-19(26(29(35)36-4)17-20-7-5-10-25(15-20)27(30)31)32-28(34)23-13-11-22(12-14-23)24-9-6-8-21(16-24)18-33(2)3/h5-16,19,26H,17-18H2,1-4H3,(H3,30,31)(H,32,34)/p+1. The minimum atomic E-state index is -0.595. The highest BCUT2D eigenvalue weighted by molar-refractivity contribution is 5.95. The molecule has 0 aliphatic carbocycles. The van der Waals surface area contributed by atoms with Gasteiger partial charge in [-0.2, -0.15) is 0 Å². The summed E-state index contributed by atoms with van der Waals surface area (Å²) >= 11 is 0. The third kappa shape index (κ3) is 7.02. The third-order valence-corrected chi connectivity index (χ3v) is 6.12. The Hall–Kier alpha value is -3.97. The zero-order valence-corrected chi connectivity index (χ0v) is 21.3. The summed E-state index contributed by atoms with van der Waals surface area (Å²) < 4.78 is 5.01. The van der Waals surface area contributed by atoms with Gasteiger partial charge in [-0.05, 0) is 54.3 Å². The second-order valence-corrected chi connectivity index (χ2v) is 9.37. The highest BCUT2D eigenvalue weighted by atomic mass is 16.5. The van der Waals surface area contributed by atoms with Crippen LogP contribution in [-0.2, 0) is 22.5 Å². The van der Waals surface area contributed by atoms with Crippen molar-refractivity contribution in [2.24, 2.45) is 11.7 Å². The molecule has 3 rings (SSSR count). The van der Waals surface area contributed by atoms with E-state index in [-0.39, 0.29) is 11.7 Å². The van der Waals surface area contributed by atoms with Crippen LogP contribution in [0.3, 0.4) is 0 Å². The van der Waals surface area contributed by atoms with Crippen molar-refractivity contribution in [1.82, 2.24) is 5.32 Å². The lowest BCUT2D eigenvalue weighted by Gasteiger charge is -2.23. The van der Waals surface area contributed by atoms with Gasteiger partial charge in [0.15, 0.2) is 0 Å². The molecule has 7 nitrogen and oxygen atoms in total. The Kier molecular flexibility index (Phi) is 8.97. The molecule has 36 heavy (non-hydrogen) atoms. The Balaban J connectivity index is 1.72. The summed E-state index contributed by atoms with van der Waals surface area (Å²) in [6, 6.07) is 22.6. The Morgan fingerprint density at radius 3 is 2.25 bits per heavy atom. The van der Waals surface area contributed by atoms with Crippen LogP contribution in [0.1, 0.15) is 34.0 Å². The van der Waals surface area contributed by atoms with E-state index in [1.54, 1.807) is 37.3 Å². The van der Waals surface area contributed by atoms with Gasteiger partial charge in [-0.3, -0.25) is 15.0 Å². The normalized spacial score (nSPS) is 12.6.